The van der Waals surface area contributed by atoms with Crippen LogP contribution in [0.5, 0.6) is 0 Å². The van der Waals surface area contributed by atoms with E-state index in [9.17, 15) is 0 Å². The molecule has 0 aliphatic heterocycles. The Kier molecular flexibility index (Phi) is 2.43. The third-order valence-electron chi connectivity index (χ3n) is 1.88. The van der Waals surface area contributed by atoms with Gasteiger partial charge in [-0.15, -0.1) is 0 Å². The van der Waals surface area contributed by atoms with E-state index in [2.05, 4.69) is 0 Å². The van der Waals surface area contributed by atoms with Crippen molar-refractivity contribution in [3.8, 4) is 0 Å². The van der Waals surface area contributed by atoms with Gasteiger partial charge in [-0.2, -0.15) is 0 Å². The van der Waals surface area contributed by atoms with Gasteiger partial charge < -0.3 is 10.2 Å². The van der Waals surface area contributed by atoms with E-state index < -0.39 is 5.95 Å². The topological polar surface area (TPSA) is 40.5 Å². The van der Waals surface area contributed by atoms with Crippen molar-refractivity contribution in [2.24, 2.45) is 0 Å². The van der Waals surface area contributed by atoms with E-state index in [0.717, 1.165) is 11.1 Å². The van der Waals surface area contributed by atoms with Crippen molar-refractivity contribution in [2.45, 2.75) is 6.92 Å². The van der Waals surface area contributed by atoms with Crippen molar-refractivity contribution < 1.29 is 10.2 Å². The van der Waals surface area contributed by atoms with Crippen LogP contribution in [0.2, 0.25) is 0 Å². The lowest BCUT2D eigenvalue weighted by Crippen LogP contribution is -1.92. The van der Waals surface area contributed by atoms with Gasteiger partial charge >= 0.3 is 0 Å². The number of rotatable bonds is 1. The SMILES string of the molecule is BC(=C(O)O)c1ccccc1C. The van der Waals surface area contributed by atoms with Crippen LogP contribution in [-0.2, 0) is 0 Å². The Hall–Kier alpha value is -1.38. The number of aliphatic hydroxyl groups is 2. The van der Waals surface area contributed by atoms with Crippen molar-refractivity contribution >= 4 is 13.3 Å². The molecule has 0 aliphatic rings. The van der Waals surface area contributed by atoms with Gasteiger partial charge in [0.15, 0.2) is 0 Å². The number of aryl methyl sites for hydroxylation is 1. The second-order valence-electron chi connectivity index (χ2n) is 2.76. The minimum atomic E-state index is -0.607. The van der Waals surface area contributed by atoms with Crippen molar-refractivity contribution in [3.05, 3.63) is 41.3 Å². The van der Waals surface area contributed by atoms with E-state index in [1.54, 1.807) is 7.85 Å². The van der Waals surface area contributed by atoms with Gasteiger partial charge in [-0.1, -0.05) is 24.3 Å². The van der Waals surface area contributed by atoms with Gasteiger partial charge in [-0.25, -0.2) is 0 Å². The van der Waals surface area contributed by atoms with Crippen molar-refractivity contribution in [1.29, 1.82) is 0 Å². The van der Waals surface area contributed by atoms with Gasteiger partial charge in [0.2, 0.25) is 0 Å². The van der Waals surface area contributed by atoms with Gasteiger partial charge in [-0.3, -0.25) is 0 Å². The summed E-state index contributed by atoms with van der Waals surface area (Å²) in [5.74, 6) is -0.607. The van der Waals surface area contributed by atoms with Gasteiger partial charge in [0, 0.05) is 0 Å². The predicted molar refractivity (Wildman–Crippen MR) is 51.9 cm³/mol. The van der Waals surface area contributed by atoms with Crippen LogP contribution < -0.4 is 0 Å². The molecule has 62 valence electrons. The highest BCUT2D eigenvalue weighted by molar-refractivity contribution is 6.42. The van der Waals surface area contributed by atoms with Gasteiger partial charge in [0.25, 0.3) is 5.95 Å². The summed E-state index contributed by atoms with van der Waals surface area (Å²) in [6, 6.07) is 7.58. The molecule has 0 aliphatic carbocycles. The summed E-state index contributed by atoms with van der Waals surface area (Å²) in [5, 5.41) is 17.7. The fourth-order valence-electron chi connectivity index (χ4n) is 1.11. The molecule has 0 bridgehead atoms. The minimum Gasteiger partial charge on any atom is -0.481 e. The van der Waals surface area contributed by atoms with E-state index in [-0.39, 0.29) is 0 Å². The average Bonchev–Trinajstić information content (AvgIpc) is 2.04. The third kappa shape index (κ3) is 1.61. The predicted octanol–water partition coefficient (Wildman–Crippen LogP) is 1.37. The quantitative estimate of drug-likeness (QED) is 0.483. The van der Waals surface area contributed by atoms with Crippen LogP contribution in [0.1, 0.15) is 11.1 Å². The largest absolute Gasteiger partial charge is 0.481 e. The molecule has 0 aromatic heterocycles. The molecule has 0 fully saturated rings. The standard InChI is InChI=1S/C9H11BO2/c1-6-4-2-3-5-7(6)8(10)9(11)12/h2-5,11-12H,10H2,1H3. The van der Waals surface area contributed by atoms with E-state index in [1.807, 2.05) is 31.2 Å². The Morgan fingerprint density at radius 2 is 1.83 bits per heavy atom. The van der Waals surface area contributed by atoms with Crippen molar-refractivity contribution in [3.63, 3.8) is 0 Å². The minimum absolute atomic E-state index is 0.508. The van der Waals surface area contributed by atoms with Gasteiger partial charge in [0.05, 0.1) is 0 Å². The summed E-state index contributed by atoms with van der Waals surface area (Å²) in [5.41, 5.74) is 2.42. The molecule has 1 rings (SSSR count). The molecule has 0 spiro atoms. The highest BCUT2D eigenvalue weighted by Gasteiger charge is 2.03. The maximum absolute atomic E-state index is 8.83. The van der Waals surface area contributed by atoms with E-state index in [1.165, 1.54) is 0 Å². The first kappa shape index (κ1) is 8.72. The number of aliphatic hydroxyl groups excluding tert-OH is 1. The van der Waals surface area contributed by atoms with Crippen LogP contribution >= 0.6 is 0 Å². The normalized spacial score (nSPS) is 9.42. The van der Waals surface area contributed by atoms with Crippen LogP contribution in [0.3, 0.4) is 0 Å². The van der Waals surface area contributed by atoms with Crippen LogP contribution in [0.15, 0.2) is 30.2 Å². The average molecular weight is 162 g/mol. The first-order valence-corrected chi connectivity index (χ1v) is 3.77. The number of hydrogen-bond acceptors (Lipinski definition) is 2. The lowest BCUT2D eigenvalue weighted by molar-refractivity contribution is 0.196. The zero-order valence-corrected chi connectivity index (χ0v) is 7.20. The fraction of sp³-hybridized carbons (Fsp3) is 0.111. The van der Waals surface area contributed by atoms with Crippen molar-refractivity contribution in [1.82, 2.24) is 0 Å². The fourth-order valence-corrected chi connectivity index (χ4v) is 1.11. The molecular formula is C9H11BO2. The summed E-state index contributed by atoms with van der Waals surface area (Å²) in [4.78, 5) is 0. The van der Waals surface area contributed by atoms with Crippen LogP contribution in [0, 0.1) is 6.92 Å². The molecule has 1 aromatic rings. The number of hydrogen-bond donors (Lipinski definition) is 2. The van der Waals surface area contributed by atoms with E-state index in [0.29, 0.717) is 5.47 Å². The van der Waals surface area contributed by atoms with Crippen LogP contribution in [0.4, 0.5) is 0 Å². The highest BCUT2D eigenvalue weighted by atomic mass is 16.5. The molecule has 3 heteroatoms. The summed E-state index contributed by atoms with van der Waals surface area (Å²) in [6.07, 6.45) is 0. The Balaban J connectivity index is 3.21. The molecule has 0 heterocycles. The summed E-state index contributed by atoms with van der Waals surface area (Å²) in [7, 11) is 1.68. The Morgan fingerprint density at radius 1 is 1.25 bits per heavy atom. The monoisotopic (exact) mass is 162 g/mol. The second kappa shape index (κ2) is 3.35. The highest BCUT2D eigenvalue weighted by Crippen LogP contribution is 2.16. The molecule has 0 saturated heterocycles. The van der Waals surface area contributed by atoms with Crippen molar-refractivity contribution in [2.75, 3.05) is 0 Å². The molecule has 0 unspecified atom stereocenters. The van der Waals surface area contributed by atoms with Gasteiger partial charge in [-0.05, 0) is 23.5 Å². The first-order valence-electron chi connectivity index (χ1n) is 3.77. The van der Waals surface area contributed by atoms with Crippen LogP contribution in [0.25, 0.3) is 5.47 Å². The molecule has 12 heavy (non-hydrogen) atoms. The summed E-state index contributed by atoms with van der Waals surface area (Å²) >= 11 is 0. The van der Waals surface area contributed by atoms with E-state index >= 15 is 0 Å². The summed E-state index contributed by atoms with van der Waals surface area (Å²) < 4.78 is 0. The molecular weight excluding hydrogens is 151 g/mol. The van der Waals surface area contributed by atoms with E-state index in [4.69, 9.17) is 10.2 Å². The number of benzene rings is 1. The molecule has 0 radical (unpaired) electrons. The smallest absolute Gasteiger partial charge is 0.267 e. The Labute approximate surface area is 72.6 Å². The first-order chi connectivity index (χ1) is 5.63. The lowest BCUT2D eigenvalue weighted by Gasteiger charge is -2.04. The maximum Gasteiger partial charge on any atom is 0.267 e. The van der Waals surface area contributed by atoms with Gasteiger partial charge in [0.1, 0.15) is 7.85 Å². The maximum atomic E-state index is 8.83. The molecule has 0 atom stereocenters. The van der Waals surface area contributed by atoms with Crippen LogP contribution in [-0.4, -0.2) is 18.1 Å². The Morgan fingerprint density at radius 3 is 2.33 bits per heavy atom. The zero-order chi connectivity index (χ0) is 9.14. The molecule has 0 saturated carbocycles. The summed E-state index contributed by atoms with van der Waals surface area (Å²) in [6.45, 7) is 1.93. The molecule has 1 aromatic carbocycles. The lowest BCUT2D eigenvalue weighted by atomic mass is 9.87. The Bertz CT molecular complexity index is 314. The zero-order valence-electron chi connectivity index (χ0n) is 7.20. The molecule has 0 amide bonds. The second-order valence-corrected chi connectivity index (χ2v) is 2.76. The molecule has 2 nitrogen and oxygen atoms in total. The molecule has 2 N–H and O–H groups in total. The third-order valence-corrected chi connectivity index (χ3v) is 1.88.